The highest BCUT2D eigenvalue weighted by molar-refractivity contribution is 6.30. The van der Waals surface area contributed by atoms with Gasteiger partial charge < -0.3 is 9.88 Å². The number of piperidine rings is 1. The van der Waals surface area contributed by atoms with E-state index < -0.39 is 5.69 Å². The van der Waals surface area contributed by atoms with Crippen LogP contribution in [-0.2, 0) is 14.1 Å². The van der Waals surface area contributed by atoms with Crippen molar-refractivity contribution in [3.05, 3.63) is 61.5 Å². The van der Waals surface area contributed by atoms with Gasteiger partial charge in [0.1, 0.15) is 11.3 Å². The van der Waals surface area contributed by atoms with Crippen LogP contribution >= 0.6 is 11.6 Å². The number of fused-ring (bicyclic) bond motifs is 1. The van der Waals surface area contributed by atoms with Gasteiger partial charge in [0.15, 0.2) is 5.65 Å². The van der Waals surface area contributed by atoms with Crippen molar-refractivity contribution >= 4 is 28.7 Å². The van der Waals surface area contributed by atoms with Gasteiger partial charge in [-0.05, 0) is 31.0 Å². The minimum absolute atomic E-state index is 0.0400. The number of hydrogen-bond donors (Lipinski definition) is 1. The van der Waals surface area contributed by atoms with E-state index in [-0.39, 0.29) is 17.4 Å². The number of nitrogens with one attached hydrogen (secondary N) is 1. The molecular weight excluding hydrogens is 382 g/mol. The molecule has 0 unspecified atom stereocenters. The fourth-order valence-corrected chi connectivity index (χ4v) is 3.89. The van der Waals surface area contributed by atoms with Crippen LogP contribution in [0.25, 0.3) is 11.2 Å². The summed E-state index contributed by atoms with van der Waals surface area (Å²) in [5.74, 6) is 0.737. The van der Waals surface area contributed by atoms with E-state index in [4.69, 9.17) is 11.6 Å². The Kier molecular flexibility index (Phi) is 4.58. The molecule has 9 heteroatoms. The zero-order chi connectivity index (χ0) is 20.0. The summed E-state index contributed by atoms with van der Waals surface area (Å²) < 4.78 is 2.44. The summed E-state index contributed by atoms with van der Waals surface area (Å²) in [7, 11) is 3.05. The van der Waals surface area contributed by atoms with Crippen LogP contribution in [0, 0.1) is 0 Å². The fraction of sp³-hybridized carbons (Fsp3) is 0.368. The molecule has 1 amide bonds. The third-order valence-electron chi connectivity index (χ3n) is 5.35. The molecule has 1 aromatic carbocycles. The molecule has 3 heterocycles. The number of H-pyrrole nitrogens is 1. The van der Waals surface area contributed by atoms with Gasteiger partial charge in [-0.25, -0.2) is 9.78 Å². The minimum atomic E-state index is -0.405. The summed E-state index contributed by atoms with van der Waals surface area (Å²) in [6.07, 6.45) is 1.45. The third-order valence-corrected chi connectivity index (χ3v) is 5.59. The first-order valence-electron chi connectivity index (χ1n) is 9.07. The molecule has 1 aliphatic rings. The van der Waals surface area contributed by atoms with Gasteiger partial charge in [-0.3, -0.25) is 18.7 Å². The lowest BCUT2D eigenvalue weighted by atomic mass is 9.95. The van der Waals surface area contributed by atoms with Crippen molar-refractivity contribution in [2.75, 3.05) is 13.1 Å². The molecular formula is C19H20ClN5O3. The Morgan fingerprint density at radius 1 is 1.18 bits per heavy atom. The lowest BCUT2D eigenvalue weighted by molar-refractivity contribution is 0.0711. The number of rotatable bonds is 2. The van der Waals surface area contributed by atoms with E-state index in [2.05, 4.69) is 9.97 Å². The van der Waals surface area contributed by atoms with Gasteiger partial charge in [-0.2, -0.15) is 0 Å². The molecule has 1 saturated heterocycles. The predicted molar refractivity (Wildman–Crippen MR) is 106 cm³/mol. The average Bonchev–Trinajstić information content (AvgIpc) is 3.16. The maximum atomic E-state index is 12.7. The number of hydrogen-bond acceptors (Lipinski definition) is 4. The standard InChI is InChI=1S/C19H20ClN5O3/c1-23-16-14(18(27)24(2)19(23)28)21-15(22-16)11-6-8-25(9-7-11)17(26)12-4-3-5-13(20)10-12/h3-5,10-11H,6-9H2,1-2H3,(H,21,22). The fourth-order valence-electron chi connectivity index (χ4n) is 3.70. The van der Waals surface area contributed by atoms with E-state index in [1.807, 2.05) is 0 Å². The van der Waals surface area contributed by atoms with Gasteiger partial charge in [0.05, 0.1) is 0 Å². The maximum absolute atomic E-state index is 12.7. The van der Waals surface area contributed by atoms with Crippen LogP contribution in [0.1, 0.15) is 34.9 Å². The monoisotopic (exact) mass is 401 g/mol. The van der Waals surface area contributed by atoms with Gasteiger partial charge in [-0.15, -0.1) is 0 Å². The number of imidazole rings is 1. The second-order valence-electron chi connectivity index (χ2n) is 7.10. The highest BCUT2D eigenvalue weighted by atomic mass is 35.5. The number of amides is 1. The number of carbonyl (C=O) groups excluding carboxylic acids is 1. The lowest BCUT2D eigenvalue weighted by Gasteiger charge is -2.31. The SMILES string of the molecule is Cn1c(=O)c2[nH]c(C3CCN(C(=O)c4cccc(Cl)c4)CC3)nc2n(C)c1=O. The first kappa shape index (κ1) is 18.5. The molecule has 1 aliphatic heterocycles. The topological polar surface area (TPSA) is 93.0 Å². The van der Waals surface area contributed by atoms with Crippen molar-refractivity contribution < 1.29 is 4.79 Å². The number of aromatic amines is 1. The second kappa shape index (κ2) is 6.94. The van der Waals surface area contributed by atoms with E-state index in [1.165, 1.54) is 11.6 Å². The Morgan fingerprint density at radius 3 is 2.57 bits per heavy atom. The number of benzene rings is 1. The molecule has 28 heavy (non-hydrogen) atoms. The normalized spacial score (nSPS) is 15.3. The van der Waals surface area contributed by atoms with Crippen LogP contribution in [0.5, 0.6) is 0 Å². The predicted octanol–water partition coefficient (Wildman–Crippen LogP) is 1.63. The van der Waals surface area contributed by atoms with E-state index >= 15 is 0 Å². The highest BCUT2D eigenvalue weighted by Gasteiger charge is 2.27. The minimum Gasteiger partial charge on any atom is -0.339 e. The zero-order valence-corrected chi connectivity index (χ0v) is 16.4. The number of aromatic nitrogens is 4. The van der Waals surface area contributed by atoms with Gasteiger partial charge in [0, 0.05) is 43.7 Å². The van der Waals surface area contributed by atoms with Crippen molar-refractivity contribution in [2.45, 2.75) is 18.8 Å². The summed E-state index contributed by atoms with van der Waals surface area (Å²) in [5, 5.41) is 0.537. The van der Waals surface area contributed by atoms with Crippen LogP contribution in [0.2, 0.25) is 5.02 Å². The van der Waals surface area contributed by atoms with Gasteiger partial charge in [-0.1, -0.05) is 17.7 Å². The molecule has 3 aromatic rings. The van der Waals surface area contributed by atoms with Crippen molar-refractivity contribution in [3.8, 4) is 0 Å². The first-order valence-corrected chi connectivity index (χ1v) is 9.45. The van der Waals surface area contributed by atoms with Crippen molar-refractivity contribution in [1.82, 2.24) is 24.0 Å². The Balaban J connectivity index is 1.55. The molecule has 0 aliphatic carbocycles. The number of aryl methyl sites for hydroxylation is 1. The van der Waals surface area contributed by atoms with Crippen LogP contribution in [0.3, 0.4) is 0 Å². The Bertz CT molecular complexity index is 1180. The number of halogens is 1. The van der Waals surface area contributed by atoms with Crippen LogP contribution in [0.4, 0.5) is 0 Å². The molecule has 1 fully saturated rings. The molecule has 146 valence electrons. The zero-order valence-electron chi connectivity index (χ0n) is 15.6. The second-order valence-corrected chi connectivity index (χ2v) is 7.54. The summed E-state index contributed by atoms with van der Waals surface area (Å²) >= 11 is 5.98. The summed E-state index contributed by atoms with van der Waals surface area (Å²) in [4.78, 5) is 46.5. The summed E-state index contributed by atoms with van der Waals surface area (Å²) in [6, 6.07) is 6.94. The van der Waals surface area contributed by atoms with Crippen LogP contribution in [0.15, 0.2) is 33.9 Å². The van der Waals surface area contributed by atoms with E-state index in [9.17, 15) is 14.4 Å². The maximum Gasteiger partial charge on any atom is 0.332 e. The van der Waals surface area contributed by atoms with Crippen molar-refractivity contribution in [1.29, 1.82) is 0 Å². The largest absolute Gasteiger partial charge is 0.339 e. The molecule has 0 atom stereocenters. The quantitative estimate of drug-likeness (QED) is 0.706. The Hall–Kier alpha value is -2.87. The Morgan fingerprint density at radius 2 is 1.89 bits per heavy atom. The Labute approximate surface area is 165 Å². The highest BCUT2D eigenvalue weighted by Crippen LogP contribution is 2.28. The van der Waals surface area contributed by atoms with Gasteiger partial charge >= 0.3 is 5.69 Å². The van der Waals surface area contributed by atoms with Crippen LogP contribution < -0.4 is 11.2 Å². The van der Waals surface area contributed by atoms with E-state index in [1.54, 1.807) is 36.2 Å². The van der Waals surface area contributed by atoms with Crippen molar-refractivity contribution in [3.63, 3.8) is 0 Å². The number of carbonyl (C=O) groups is 1. The molecule has 4 rings (SSSR count). The van der Waals surface area contributed by atoms with Crippen LogP contribution in [-0.4, -0.2) is 43.0 Å². The van der Waals surface area contributed by atoms with Gasteiger partial charge in [0.25, 0.3) is 11.5 Å². The molecule has 1 N–H and O–H groups in total. The smallest absolute Gasteiger partial charge is 0.332 e. The third kappa shape index (κ3) is 3.03. The molecule has 0 bridgehead atoms. The summed E-state index contributed by atoms with van der Waals surface area (Å²) in [6.45, 7) is 1.17. The number of likely N-dealkylation sites (tertiary alicyclic amines) is 1. The van der Waals surface area contributed by atoms with Crippen molar-refractivity contribution in [2.24, 2.45) is 14.1 Å². The average molecular weight is 402 g/mol. The molecule has 0 radical (unpaired) electrons. The van der Waals surface area contributed by atoms with E-state index in [0.29, 0.717) is 40.7 Å². The number of nitrogens with zero attached hydrogens (tertiary/aromatic N) is 4. The molecule has 2 aromatic heterocycles. The van der Waals surface area contributed by atoms with Gasteiger partial charge in [0.2, 0.25) is 0 Å². The first-order chi connectivity index (χ1) is 13.4. The van der Waals surface area contributed by atoms with E-state index in [0.717, 1.165) is 17.4 Å². The molecule has 0 saturated carbocycles. The summed E-state index contributed by atoms with van der Waals surface area (Å²) in [5.41, 5.74) is 0.480. The molecule has 0 spiro atoms. The lowest BCUT2D eigenvalue weighted by Crippen LogP contribution is -2.38. The molecule has 8 nitrogen and oxygen atoms in total.